The van der Waals surface area contributed by atoms with Crippen molar-refractivity contribution in [3.05, 3.63) is 28.8 Å². The molecule has 1 rings (SSSR count). The molecule has 0 saturated carbocycles. The standard InChI is InChI=1S/C13H21NO/c1-9-6-7-11(8-13(3,4)14)10(2)12(9)15-5/h6-7H,8,14H2,1-5H3. The van der Waals surface area contributed by atoms with Crippen LogP contribution in [0.25, 0.3) is 0 Å². The van der Waals surface area contributed by atoms with E-state index in [1.54, 1.807) is 7.11 Å². The Morgan fingerprint density at radius 1 is 1.27 bits per heavy atom. The molecule has 0 aliphatic rings. The van der Waals surface area contributed by atoms with E-state index < -0.39 is 0 Å². The maximum atomic E-state index is 6.03. The Morgan fingerprint density at radius 2 is 1.87 bits per heavy atom. The summed E-state index contributed by atoms with van der Waals surface area (Å²) in [6, 6.07) is 4.23. The zero-order valence-corrected chi connectivity index (χ0v) is 10.3. The van der Waals surface area contributed by atoms with E-state index in [0.29, 0.717) is 0 Å². The lowest BCUT2D eigenvalue weighted by molar-refractivity contribution is 0.407. The zero-order chi connectivity index (χ0) is 11.6. The van der Waals surface area contributed by atoms with E-state index in [4.69, 9.17) is 10.5 Å². The number of hydrogen-bond donors (Lipinski definition) is 1. The largest absolute Gasteiger partial charge is 0.496 e. The number of methoxy groups -OCH3 is 1. The second kappa shape index (κ2) is 4.23. The summed E-state index contributed by atoms with van der Waals surface area (Å²) in [6.45, 7) is 8.23. The fraction of sp³-hybridized carbons (Fsp3) is 0.538. The fourth-order valence-corrected chi connectivity index (χ4v) is 1.86. The highest BCUT2D eigenvalue weighted by Crippen LogP contribution is 2.27. The van der Waals surface area contributed by atoms with Crippen LogP contribution in [0.2, 0.25) is 0 Å². The summed E-state index contributed by atoms with van der Waals surface area (Å²) in [5.41, 5.74) is 9.50. The highest BCUT2D eigenvalue weighted by atomic mass is 16.5. The molecule has 0 radical (unpaired) electrons. The molecule has 2 N–H and O–H groups in total. The van der Waals surface area contributed by atoms with Crippen molar-refractivity contribution >= 4 is 0 Å². The van der Waals surface area contributed by atoms with Gasteiger partial charge in [0, 0.05) is 5.54 Å². The molecule has 0 saturated heterocycles. The summed E-state index contributed by atoms with van der Waals surface area (Å²) in [5.74, 6) is 0.983. The van der Waals surface area contributed by atoms with Gasteiger partial charge in [0.2, 0.25) is 0 Å². The Kier molecular flexibility index (Phi) is 3.40. The lowest BCUT2D eigenvalue weighted by Crippen LogP contribution is -2.34. The molecule has 0 atom stereocenters. The molecular weight excluding hydrogens is 186 g/mol. The van der Waals surface area contributed by atoms with Gasteiger partial charge in [-0.3, -0.25) is 0 Å². The van der Waals surface area contributed by atoms with Crippen molar-refractivity contribution in [2.45, 2.75) is 39.7 Å². The summed E-state index contributed by atoms with van der Waals surface area (Å²) >= 11 is 0. The lowest BCUT2D eigenvalue weighted by Gasteiger charge is -2.21. The van der Waals surface area contributed by atoms with Gasteiger partial charge in [-0.2, -0.15) is 0 Å². The SMILES string of the molecule is COc1c(C)ccc(CC(C)(C)N)c1C. The van der Waals surface area contributed by atoms with E-state index in [-0.39, 0.29) is 5.54 Å². The number of rotatable bonds is 3. The van der Waals surface area contributed by atoms with Gasteiger partial charge in [0.1, 0.15) is 5.75 Å². The van der Waals surface area contributed by atoms with Crippen molar-refractivity contribution < 1.29 is 4.74 Å². The molecule has 0 bridgehead atoms. The van der Waals surface area contributed by atoms with Crippen LogP contribution in [0.1, 0.15) is 30.5 Å². The fourth-order valence-electron chi connectivity index (χ4n) is 1.86. The molecule has 0 amide bonds. The molecule has 0 heterocycles. The molecule has 0 unspecified atom stereocenters. The van der Waals surface area contributed by atoms with Crippen LogP contribution in [0.5, 0.6) is 5.75 Å². The average Bonchev–Trinajstić information content (AvgIpc) is 2.09. The smallest absolute Gasteiger partial charge is 0.124 e. The molecule has 2 nitrogen and oxygen atoms in total. The normalized spacial score (nSPS) is 11.6. The summed E-state index contributed by atoms with van der Waals surface area (Å²) < 4.78 is 5.39. The van der Waals surface area contributed by atoms with Crippen molar-refractivity contribution in [1.29, 1.82) is 0 Å². The number of benzene rings is 1. The third-order valence-corrected chi connectivity index (χ3v) is 2.57. The van der Waals surface area contributed by atoms with Crippen LogP contribution < -0.4 is 10.5 Å². The first-order valence-corrected chi connectivity index (χ1v) is 5.27. The van der Waals surface area contributed by atoms with Gasteiger partial charge in [-0.1, -0.05) is 12.1 Å². The molecule has 0 aromatic heterocycles. The van der Waals surface area contributed by atoms with Crippen LogP contribution in [0.15, 0.2) is 12.1 Å². The Labute approximate surface area is 92.4 Å². The van der Waals surface area contributed by atoms with Crippen molar-refractivity contribution in [3.63, 3.8) is 0 Å². The van der Waals surface area contributed by atoms with Crippen LogP contribution in [0.3, 0.4) is 0 Å². The molecule has 0 aliphatic carbocycles. The first-order valence-electron chi connectivity index (χ1n) is 5.27. The predicted molar refractivity (Wildman–Crippen MR) is 64.4 cm³/mol. The van der Waals surface area contributed by atoms with Gasteiger partial charge in [-0.25, -0.2) is 0 Å². The van der Waals surface area contributed by atoms with Crippen molar-refractivity contribution in [1.82, 2.24) is 0 Å². The van der Waals surface area contributed by atoms with Crippen molar-refractivity contribution in [2.75, 3.05) is 7.11 Å². The molecule has 0 fully saturated rings. The van der Waals surface area contributed by atoms with Gasteiger partial charge in [-0.05, 0) is 50.8 Å². The van der Waals surface area contributed by atoms with Crippen molar-refractivity contribution in [2.24, 2.45) is 5.73 Å². The number of hydrogen-bond acceptors (Lipinski definition) is 2. The predicted octanol–water partition coefficient (Wildman–Crippen LogP) is 2.59. The van der Waals surface area contributed by atoms with Crippen LogP contribution in [-0.2, 0) is 6.42 Å². The van der Waals surface area contributed by atoms with Crippen molar-refractivity contribution in [3.8, 4) is 5.75 Å². The summed E-state index contributed by atoms with van der Waals surface area (Å²) in [4.78, 5) is 0. The highest BCUT2D eigenvalue weighted by Gasteiger charge is 2.15. The van der Waals surface area contributed by atoms with E-state index in [1.165, 1.54) is 16.7 Å². The minimum absolute atomic E-state index is 0.176. The van der Waals surface area contributed by atoms with Gasteiger partial charge in [0.15, 0.2) is 0 Å². The van der Waals surface area contributed by atoms with E-state index in [2.05, 4.69) is 26.0 Å². The van der Waals surface area contributed by atoms with E-state index in [0.717, 1.165) is 12.2 Å². The van der Waals surface area contributed by atoms with E-state index >= 15 is 0 Å². The molecule has 2 heteroatoms. The second-order valence-electron chi connectivity index (χ2n) is 4.87. The third kappa shape index (κ3) is 2.96. The number of nitrogens with two attached hydrogens (primary N) is 1. The topological polar surface area (TPSA) is 35.2 Å². The first kappa shape index (κ1) is 12.1. The zero-order valence-electron chi connectivity index (χ0n) is 10.3. The Hall–Kier alpha value is -1.02. The molecule has 15 heavy (non-hydrogen) atoms. The Morgan fingerprint density at radius 3 is 2.33 bits per heavy atom. The van der Waals surface area contributed by atoms with E-state index in [9.17, 15) is 0 Å². The molecule has 1 aromatic carbocycles. The Balaban J connectivity index is 3.11. The van der Waals surface area contributed by atoms with Crippen LogP contribution in [0.4, 0.5) is 0 Å². The third-order valence-electron chi connectivity index (χ3n) is 2.57. The number of aryl methyl sites for hydroxylation is 1. The minimum Gasteiger partial charge on any atom is -0.496 e. The lowest BCUT2D eigenvalue weighted by atomic mass is 9.92. The molecule has 1 aromatic rings. The number of ether oxygens (including phenoxy) is 1. The first-order chi connectivity index (χ1) is 6.85. The van der Waals surface area contributed by atoms with E-state index in [1.807, 2.05) is 13.8 Å². The van der Waals surface area contributed by atoms with Gasteiger partial charge in [-0.15, -0.1) is 0 Å². The van der Waals surface area contributed by atoms with Crippen LogP contribution >= 0.6 is 0 Å². The van der Waals surface area contributed by atoms with Crippen LogP contribution in [0, 0.1) is 13.8 Å². The summed E-state index contributed by atoms with van der Waals surface area (Å²) in [5, 5.41) is 0. The quantitative estimate of drug-likeness (QED) is 0.827. The minimum atomic E-state index is -0.176. The monoisotopic (exact) mass is 207 g/mol. The molecular formula is C13H21NO. The second-order valence-corrected chi connectivity index (χ2v) is 4.87. The average molecular weight is 207 g/mol. The Bertz CT molecular complexity index is 350. The molecule has 0 aliphatic heterocycles. The van der Waals surface area contributed by atoms with Gasteiger partial charge in [0.25, 0.3) is 0 Å². The maximum Gasteiger partial charge on any atom is 0.124 e. The summed E-state index contributed by atoms with van der Waals surface area (Å²) in [7, 11) is 1.71. The maximum absolute atomic E-state index is 6.03. The van der Waals surface area contributed by atoms with Crippen LogP contribution in [-0.4, -0.2) is 12.6 Å². The molecule has 0 spiro atoms. The van der Waals surface area contributed by atoms with Gasteiger partial charge < -0.3 is 10.5 Å². The molecule has 84 valence electrons. The van der Waals surface area contributed by atoms with Gasteiger partial charge >= 0.3 is 0 Å². The van der Waals surface area contributed by atoms with Gasteiger partial charge in [0.05, 0.1) is 7.11 Å². The summed E-state index contributed by atoms with van der Waals surface area (Å²) in [6.07, 6.45) is 0.871. The highest BCUT2D eigenvalue weighted by molar-refractivity contribution is 5.45.